The van der Waals surface area contributed by atoms with E-state index < -0.39 is 5.82 Å². The predicted molar refractivity (Wildman–Crippen MR) is 92.0 cm³/mol. The Labute approximate surface area is 144 Å². The van der Waals surface area contributed by atoms with Gasteiger partial charge in [-0.15, -0.1) is 0 Å². The molecule has 0 aliphatic heterocycles. The number of carbonyl (C=O) groups is 1. The van der Waals surface area contributed by atoms with Gasteiger partial charge in [-0.2, -0.15) is 5.10 Å². The van der Waals surface area contributed by atoms with Crippen LogP contribution in [-0.2, 0) is 6.42 Å². The summed E-state index contributed by atoms with van der Waals surface area (Å²) in [6, 6.07) is 10.1. The molecule has 0 radical (unpaired) electrons. The van der Waals surface area contributed by atoms with Gasteiger partial charge in [-0.3, -0.25) is 4.79 Å². The van der Waals surface area contributed by atoms with Gasteiger partial charge in [0, 0.05) is 5.69 Å². The molecule has 1 N–H and O–H groups in total. The number of aromatic nitrogens is 2. The number of benzene rings is 2. The lowest BCUT2D eigenvalue weighted by atomic mass is 10.1. The van der Waals surface area contributed by atoms with Gasteiger partial charge in [0.25, 0.3) is 5.91 Å². The third-order valence-electron chi connectivity index (χ3n) is 3.97. The molecule has 128 valence electrons. The largest absolute Gasteiger partial charge is 0.322 e. The lowest BCUT2D eigenvalue weighted by Crippen LogP contribution is -2.15. The number of carbonyl (C=O) groups excluding carboxylic acids is 1. The highest BCUT2D eigenvalue weighted by atomic mass is 19.1. The smallest absolute Gasteiger partial charge is 0.259 e. The molecule has 0 fully saturated rings. The van der Waals surface area contributed by atoms with Crippen LogP contribution in [0, 0.1) is 18.6 Å². The van der Waals surface area contributed by atoms with E-state index in [1.807, 2.05) is 6.92 Å². The molecule has 0 spiro atoms. The minimum atomic E-state index is -0.418. The summed E-state index contributed by atoms with van der Waals surface area (Å²) in [7, 11) is 0. The van der Waals surface area contributed by atoms with Gasteiger partial charge in [-0.25, -0.2) is 13.5 Å². The van der Waals surface area contributed by atoms with Crippen molar-refractivity contribution in [3.8, 4) is 5.69 Å². The second kappa shape index (κ2) is 6.84. The zero-order chi connectivity index (χ0) is 18.0. The Bertz CT molecular complexity index is 917. The molecule has 1 aromatic heterocycles. The summed E-state index contributed by atoms with van der Waals surface area (Å²) in [5, 5.41) is 6.97. The maximum Gasteiger partial charge on any atom is 0.259 e. The predicted octanol–water partition coefficient (Wildman–Crippen LogP) is 4.27. The van der Waals surface area contributed by atoms with E-state index in [0.29, 0.717) is 29.1 Å². The molecule has 3 aromatic rings. The van der Waals surface area contributed by atoms with Crippen LogP contribution in [0.4, 0.5) is 14.5 Å². The molecule has 6 heteroatoms. The topological polar surface area (TPSA) is 46.9 Å². The lowest BCUT2D eigenvalue weighted by molar-refractivity contribution is 0.102. The van der Waals surface area contributed by atoms with E-state index >= 15 is 0 Å². The highest BCUT2D eigenvalue weighted by Gasteiger charge is 2.18. The molecule has 25 heavy (non-hydrogen) atoms. The first-order chi connectivity index (χ1) is 12.0. The molecule has 0 saturated heterocycles. The van der Waals surface area contributed by atoms with Crippen molar-refractivity contribution < 1.29 is 13.6 Å². The molecule has 0 unspecified atom stereocenters. The Balaban J connectivity index is 1.93. The van der Waals surface area contributed by atoms with Gasteiger partial charge in [0.05, 0.1) is 23.1 Å². The van der Waals surface area contributed by atoms with E-state index in [-0.39, 0.29) is 11.7 Å². The van der Waals surface area contributed by atoms with Crippen molar-refractivity contribution in [1.82, 2.24) is 9.78 Å². The molecule has 1 heterocycles. The van der Waals surface area contributed by atoms with Crippen LogP contribution in [0.25, 0.3) is 5.69 Å². The van der Waals surface area contributed by atoms with Crippen LogP contribution < -0.4 is 5.32 Å². The maximum atomic E-state index is 13.4. The van der Waals surface area contributed by atoms with E-state index in [9.17, 15) is 13.6 Å². The first-order valence-corrected chi connectivity index (χ1v) is 7.90. The number of nitrogens with one attached hydrogen (secondary N) is 1. The third-order valence-corrected chi connectivity index (χ3v) is 3.97. The molecular weight excluding hydrogens is 324 g/mol. The van der Waals surface area contributed by atoms with E-state index in [0.717, 1.165) is 5.56 Å². The maximum absolute atomic E-state index is 13.4. The molecule has 2 aromatic carbocycles. The Kier molecular flexibility index (Phi) is 4.61. The molecule has 0 atom stereocenters. The van der Waals surface area contributed by atoms with Crippen molar-refractivity contribution >= 4 is 11.6 Å². The number of hydrogen-bond donors (Lipinski definition) is 1. The molecule has 1 amide bonds. The fourth-order valence-electron chi connectivity index (χ4n) is 2.63. The van der Waals surface area contributed by atoms with Crippen molar-refractivity contribution in [2.24, 2.45) is 0 Å². The average Bonchev–Trinajstić information content (AvgIpc) is 3.03. The van der Waals surface area contributed by atoms with Gasteiger partial charge >= 0.3 is 0 Å². The van der Waals surface area contributed by atoms with Crippen LogP contribution in [0.5, 0.6) is 0 Å². The fraction of sp³-hybridized carbons (Fsp3) is 0.158. The van der Waals surface area contributed by atoms with Crippen LogP contribution in [-0.4, -0.2) is 15.7 Å². The quantitative estimate of drug-likeness (QED) is 0.770. The molecule has 0 saturated carbocycles. The number of rotatable bonds is 4. The Hall–Kier alpha value is -3.02. The first-order valence-electron chi connectivity index (χ1n) is 7.90. The zero-order valence-corrected chi connectivity index (χ0v) is 13.9. The van der Waals surface area contributed by atoms with Crippen LogP contribution in [0.3, 0.4) is 0 Å². The van der Waals surface area contributed by atoms with Crippen molar-refractivity contribution in [2.75, 3.05) is 5.32 Å². The summed E-state index contributed by atoms with van der Waals surface area (Å²) in [6.07, 6.45) is 2.02. The zero-order valence-electron chi connectivity index (χ0n) is 13.9. The van der Waals surface area contributed by atoms with Gasteiger partial charge in [0.15, 0.2) is 0 Å². The third kappa shape index (κ3) is 3.42. The lowest BCUT2D eigenvalue weighted by Gasteiger charge is -2.10. The van der Waals surface area contributed by atoms with Gasteiger partial charge in [-0.1, -0.05) is 13.0 Å². The van der Waals surface area contributed by atoms with Crippen LogP contribution in [0.15, 0.2) is 48.7 Å². The second-order valence-corrected chi connectivity index (χ2v) is 5.66. The average molecular weight is 341 g/mol. The standard InChI is InChI=1S/C19H17F2N3O/c1-3-18-16(11-22-24(18)15-8-6-13(20)7-9-15)19(25)23-17-10-14(21)5-4-12(17)2/h4-11H,3H2,1-2H3,(H,23,25). The van der Waals surface area contributed by atoms with Gasteiger partial charge in [0.1, 0.15) is 11.6 Å². The van der Waals surface area contributed by atoms with Gasteiger partial charge in [0.2, 0.25) is 0 Å². The van der Waals surface area contributed by atoms with Crippen molar-refractivity contribution in [2.45, 2.75) is 20.3 Å². The first kappa shape index (κ1) is 16.8. The minimum absolute atomic E-state index is 0.339. The van der Waals surface area contributed by atoms with Crippen molar-refractivity contribution in [1.29, 1.82) is 0 Å². The summed E-state index contributed by atoms with van der Waals surface area (Å²) >= 11 is 0. The summed E-state index contributed by atoms with van der Waals surface area (Å²) in [4.78, 5) is 12.6. The monoisotopic (exact) mass is 341 g/mol. The summed E-state index contributed by atoms with van der Waals surface area (Å²) < 4.78 is 28.1. The van der Waals surface area contributed by atoms with Crippen molar-refractivity contribution in [3.63, 3.8) is 0 Å². The highest BCUT2D eigenvalue weighted by molar-refractivity contribution is 6.05. The molecular formula is C19H17F2N3O. The summed E-state index contributed by atoms with van der Waals surface area (Å²) in [6.45, 7) is 3.69. The molecule has 4 nitrogen and oxygen atoms in total. The number of nitrogens with zero attached hydrogens (tertiary/aromatic N) is 2. The Morgan fingerprint density at radius 2 is 1.80 bits per heavy atom. The van der Waals surface area contributed by atoms with Crippen molar-refractivity contribution in [3.05, 3.63) is 77.1 Å². The second-order valence-electron chi connectivity index (χ2n) is 5.66. The summed E-state index contributed by atoms with van der Waals surface area (Å²) in [5.74, 6) is -1.12. The number of amides is 1. The van der Waals surface area contributed by atoms with E-state index in [2.05, 4.69) is 10.4 Å². The van der Waals surface area contributed by atoms with Gasteiger partial charge < -0.3 is 5.32 Å². The molecule has 0 aliphatic rings. The Morgan fingerprint density at radius 1 is 1.12 bits per heavy atom. The number of hydrogen-bond acceptors (Lipinski definition) is 2. The minimum Gasteiger partial charge on any atom is -0.322 e. The highest BCUT2D eigenvalue weighted by Crippen LogP contribution is 2.20. The molecule has 3 rings (SSSR count). The SMILES string of the molecule is CCc1c(C(=O)Nc2cc(F)ccc2C)cnn1-c1ccc(F)cc1. The summed E-state index contributed by atoms with van der Waals surface area (Å²) in [5.41, 5.74) is 2.94. The number of halogens is 2. The molecule has 0 aliphatic carbocycles. The number of aryl methyl sites for hydroxylation is 1. The normalized spacial score (nSPS) is 10.7. The van der Waals surface area contributed by atoms with E-state index in [4.69, 9.17) is 0 Å². The van der Waals surface area contributed by atoms with E-state index in [1.165, 1.54) is 30.5 Å². The van der Waals surface area contributed by atoms with Crippen LogP contribution in [0.2, 0.25) is 0 Å². The van der Waals surface area contributed by atoms with Crippen LogP contribution >= 0.6 is 0 Å². The van der Waals surface area contributed by atoms with E-state index in [1.54, 1.807) is 29.8 Å². The van der Waals surface area contributed by atoms with Crippen LogP contribution in [0.1, 0.15) is 28.5 Å². The van der Waals surface area contributed by atoms with Gasteiger partial charge in [-0.05, 0) is 55.3 Å². The fourth-order valence-corrected chi connectivity index (χ4v) is 2.63. The Morgan fingerprint density at radius 3 is 2.48 bits per heavy atom. The molecule has 0 bridgehead atoms. The number of anilines is 1.